The van der Waals surface area contributed by atoms with Crippen molar-refractivity contribution in [2.45, 2.75) is 43.1 Å². The highest BCUT2D eigenvalue weighted by molar-refractivity contribution is 6.24. The highest BCUT2D eigenvalue weighted by atomic mass is 19.4. The van der Waals surface area contributed by atoms with Crippen LogP contribution in [0, 0.1) is 11.8 Å². The van der Waals surface area contributed by atoms with Gasteiger partial charge in [0.15, 0.2) is 11.4 Å². The molecule has 4 aliphatic rings. The highest BCUT2D eigenvalue weighted by Crippen LogP contribution is 2.54. The lowest BCUT2D eigenvalue weighted by molar-refractivity contribution is -0.148. The van der Waals surface area contributed by atoms with Crippen molar-refractivity contribution in [3.05, 3.63) is 51.0 Å². The van der Waals surface area contributed by atoms with Gasteiger partial charge in [0.05, 0.1) is 17.2 Å². The molecule has 13 heteroatoms. The zero-order chi connectivity index (χ0) is 28.1. The fourth-order valence-electron chi connectivity index (χ4n) is 6.52. The molecule has 0 aromatic heterocycles. The lowest BCUT2D eigenvalue weighted by atomic mass is 9.58. The smallest absolute Gasteiger partial charge is 0.417 e. The second-order valence-corrected chi connectivity index (χ2v) is 10.5. The zero-order valence-corrected chi connectivity index (χ0v) is 20.4. The minimum absolute atomic E-state index is 0.192. The maximum Gasteiger partial charge on any atom is 0.417 e. The maximum atomic E-state index is 14.4. The molecule has 0 bridgehead atoms. The number of halogens is 3. The minimum Gasteiger partial charge on any atom is -0.510 e. The van der Waals surface area contributed by atoms with Crippen LogP contribution < -0.4 is 11.1 Å². The summed E-state index contributed by atoms with van der Waals surface area (Å²) in [6.45, 7) is 0.493. The van der Waals surface area contributed by atoms with E-state index in [9.17, 15) is 48.0 Å². The normalized spacial score (nSPS) is 31.1. The van der Waals surface area contributed by atoms with Crippen molar-refractivity contribution in [3.8, 4) is 5.75 Å². The summed E-state index contributed by atoms with van der Waals surface area (Å²) < 4.78 is 43.1. The van der Waals surface area contributed by atoms with E-state index in [0.717, 1.165) is 6.07 Å². The number of fused-ring (bicyclic) bond motifs is 3. The summed E-state index contributed by atoms with van der Waals surface area (Å²) in [6.07, 6.45) is -5.19. The van der Waals surface area contributed by atoms with Gasteiger partial charge in [0.1, 0.15) is 22.8 Å². The van der Waals surface area contributed by atoms with Crippen molar-refractivity contribution in [1.29, 1.82) is 0 Å². The third-order valence-corrected chi connectivity index (χ3v) is 8.24. The second-order valence-electron chi connectivity index (χ2n) is 10.5. The number of Topliss-reactive ketones (excluding diaryl/α,β-unsaturated/α-hetero) is 2. The van der Waals surface area contributed by atoms with Crippen LogP contribution in [0.4, 0.5) is 13.2 Å². The number of carbonyl (C=O) groups excluding carboxylic acids is 3. The van der Waals surface area contributed by atoms with E-state index in [1.807, 2.05) is 0 Å². The molecule has 0 saturated carbocycles. The van der Waals surface area contributed by atoms with Crippen molar-refractivity contribution in [2.24, 2.45) is 17.6 Å². The molecule has 204 valence electrons. The Kier molecular flexibility index (Phi) is 5.71. The Morgan fingerprint density at radius 2 is 1.84 bits per heavy atom. The SMILES string of the molecule is CN(C)[C@@H]1C(O)=C(C(N)=O)C(=O)[C@@]2(O)C(O)=C3C(=O)c4c(O)cc(C5CCN5)c(C(F)(F)F)c4C[C@H]3C[C@@H]12. The number of aromatic hydroxyl groups is 1. The number of amides is 1. The summed E-state index contributed by atoms with van der Waals surface area (Å²) in [4.78, 5) is 40.2. The molecular formula is C25H26F3N3O7. The van der Waals surface area contributed by atoms with Gasteiger partial charge in [0.25, 0.3) is 5.91 Å². The van der Waals surface area contributed by atoms with Crippen LogP contribution in [-0.4, -0.2) is 75.1 Å². The summed E-state index contributed by atoms with van der Waals surface area (Å²) in [7, 11) is 2.93. The molecule has 1 aromatic carbocycles. The number of rotatable bonds is 3. The number of allylic oxidation sites excluding steroid dienone is 1. The number of nitrogens with zero attached hydrogens (tertiary/aromatic N) is 1. The van der Waals surface area contributed by atoms with Crippen LogP contribution in [0.25, 0.3) is 0 Å². The van der Waals surface area contributed by atoms with E-state index in [4.69, 9.17) is 5.73 Å². The maximum absolute atomic E-state index is 14.4. The number of likely N-dealkylation sites (N-methyl/N-ethyl adjacent to an activating group) is 1. The number of ketones is 2. The second kappa shape index (κ2) is 8.29. The van der Waals surface area contributed by atoms with E-state index < -0.39 is 105 Å². The lowest BCUT2D eigenvalue weighted by Crippen LogP contribution is -2.63. The fraction of sp³-hybridized carbons (Fsp3) is 0.480. The van der Waals surface area contributed by atoms with E-state index in [1.54, 1.807) is 0 Å². The van der Waals surface area contributed by atoms with E-state index in [2.05, 4.69) is 5.32 Å². The molecular weight excluding hydrogens is 511 g/mol. The van der Waals surface area contributed by atoms with Crippen molar-refractivity contribution in [2.75, 3.05) is 20.6 Å². The van der Waals surface area contributed by atoms with Gasteiger partial charge in [-0.25, -0.2) is 0 Å². The van der Waals surface area contributed by atoms with Gasteiger partial charge in [-0.3, -0.25) is 19.3 Å². The first-order valence-corrected chi connectivity index (χ1v) is 12.0. The fourth-order valence-corrected chi connectivity index (χ4v) is 6.52. The molecule has 1 unspecified atom stereocenters. The standard InChI is InChI=1S/C25H26F3N3O7/c1-31(2)18-11-6-8-5-10-15(13(32)7-9(12-3-4-30-12)17(10)25(26,27)28)19(33)14(8)21(35)24(11,38)22(36)16(20(18)34)23(29)37/h7-8,11-12,18,30,32,34-35,38H,3-6H2,1-2H3,(H2,29,37)/t8-,11-,12?,18-,24-/m0/s1. The van der Waals surface area contributed by atoms with Crippen LogP contribution in [0.3, 0.4) is 0 Å². The number of primary amides is 1. The number of phenolic OH excluding ortho intramolecular Hbond substituents is 1. The van der Waals surface area contributed by atoms with E-state index in [1.165, 1.54) is 19.0 Å². The summed E-state index contributed by atoms with van der Waals surface area (Å²) >= 11 is 0. The lowest BCUT2D eigenvalue weighted by Gasteiger charge is -2.50. The molecule has 7 N–H and O–H groups in total. The largest absolute Gasteiger partial charge is 0.510 e. The van der Waals surface area contributed by atoms with Crippen LogP contribution in [0.5, 0.6) is 5.75 Å². The molecule has 3 aliphatic carbocycles. The Hall–Kier alpha value is -3.42. The Morgan fingerprint density at radius 3 is 2.34 bits per heavy atom. The van der Waals surface area contributed by atoms with Gasteiger partial charge in [0.2, 0.25) is 5.78 Å². The molecule has 1 heterocycles. The number of alkyl halides is 3. The first-order chi connectivity index (χ1) is 17.6. The van der Waals surface area contributed by atoms with Gasteiger partial charge >= 0.3 is 6.18 Å². The van der Waals surface area contributed by atoms with Crippen molar-refractivity contribution in [1.82, 2.24) is 10.2 Å². The van der Waals surface area contributed by atoms with Crippen LogP contribution in [0.1, 0.15) is 45.9 Å². The number of aliphatic hydroxyl groups excluding tert-OH is 2. The Labute approximate surface area is 214 Å². The molecule has 0 radical (unpaired) electrons. The third kappa shape index (κ3) is 3.34. The molecule has 1 saturated heterocycles. The van der Waals surface area contributed by atoms with E-state index in [-0.39, 0.29) is 12.0 Å². The first kappa shape index (κ1) is 26.2. The third-order valence-electron chi connectivity index (χ3n) is 8.24. The molecule has 10 nitrogen and oxygen atoms in total. The minimum atomic E-state index is -4.87. The molecule has 5 atom stereocenters. The van der Waals surface area contributed by atoms with Gasteiger partial charge in [-0.05, 0) is 63.0 Å². The zero-order valence-electron chi connectivity index (χ0n) is 20.4. The van der Waals surface area contributed by atoms with E-state index >= 15 is 0 Å². The summed E-state index contributed by atoms with van der Waals surface area (Å²) in [5.74, 6) is -8.96. The molecule has 0 spiro atoms. The number of benzene rings is 1. The molecule has 1 aliphatic heterocycles. The van der Waals surface area contributed by atoms with Crippen LogP contribution in [0.2, 0.25) is 0 Å². The average Bonchev–Trinajstić information content (AvgIpc) is 2.73. The Balaban J connectivity index is 1.75. The van der Waals surface area contributed by atoms with Crippen molar-refractivity contribution >= 4 is 17.5 Å². The average molecular weight is 537 g/mol. The van der Waals surface area contributed by atoms with Gasteiger partial charge in [0, 0.05) is 17.5 Å². The van der Waals surface area contributed by atoms with Gasteiger partial charge < -0.3 is 31.5 Å². The van der Waals surface area contributed by atoms with Crippen molar-refractivity contribution in [3.63, 3.8) is 0 Å². The van der Waals surface area contributed by atoms with Crippen LogP contribution in [0.15, 0.2) is 28.7 Å². The predicted molar refractivity (Wildman–Crippen MR) is 124 cm³/mol. The molecule has 38 heavy (non-hydrogen) atoms. The van der Waals surface area contributed by atoms with Crippen LogP contribution >= 0.6 is 0 Å². The number of carbonyl (C=O) groups is 3. The van der Waals surface area contributed by atoms with E-state index in [0.29, 0.717) is 13.0 Å². The number of hydrogen-bond donors (Lipinski definition) is 6. The molecule has 1 aromatic rings. The molecule has 1 amide bonds. The number of aliphatic hydroxyl groups is 3. The quantitative estimate of drug-likeness (QED) is 0.310. The summed E-state index contributed by atoms with van der Waals surface area (Å²) in [5.41, 5.74) is -1.39. The summed E-state index contributed by atoms with van der Waals surface area (Å²) in [5, 5.41) is 47.1. The number of nitrogens with two attached hydrogens (primary N) is 1. The monoisotopic (exact) mass is 537 g/mol. The molecule has 1 fully saturated rings. The molecule has 5 rings (SSSR count). The van der Waals surface area contributed by atoms with Crippen molar-refractivity contribution < 1.29 is 48.0 Å². The summed E-state index contributed by atoms with van der Waals surface area (Å²) in [6, 6.07) is -1.02. The van der Waals surface area contributed by atoms with Crippen LogP contribution in [-0.2, 0) is 22.2 Å². The predicted octanol–water partition coefficient (Wildman–Crippen LogP) is 1.17. The van der Waals surface area contributed by atoms with Gasteiger partial charge in [-0.2, -0.15) is 13.2 Å². The highest BCUT2D eigenvalue weighted by Gasteiger charge is 2.63. The Morgan fingerprint density at radius 1 is 1.21 bits per heavy atom. The Bertz CT molecular complexity index is 1360. The van der Waals surface area contributed by atoms with Gasteiger partial charge in [-0.15, -0.1) is 0 Å². The number of hydrogen-bond acceptors (Lipinski definition) is 9. The topological polar surface area (TPSA) is 173 Å². The van der Waals surface area contributed by atoms with Gasteiger partial charge in [-0.1, -0.05) is 0 Å². The number of nitrogens with one attached hydrogen (secondary N) is 1. The number of phenols is 1. The first-order valence-electron chi connectivity index (χ1n) is 12.0.